The van der Waals surface area contributed by atoms with Crippen LogP contribution in [0.1, 0.15) is 40.1 Å². The minimum atomic E-state index is -1.10. The zero-order chi connectivity index (χ0) is 24.6. The van der Waals surface area contributed by atoms with Crippen molar-refractivity contribution in [3.63, 3.8) is 0 Å². The predicted molar refractivity (Wildman–Crippen MR) is 128 cm³/mol. The van der Waals surface area contributed by atoms with Crippen molar-refractivity contribution in [2.75, 3.05) is 18.5 Å². The third-order valence-corrected chi connectivity index (χ3v) is 7.56. The van der Waals surface area contributed by atoms with Gasteiger partial charge in [-0.1, -0.05) is 58.2 Å². The topological polar surface area (TPSA) is 137 Å². The maximum Gasteiger partial charge on any atom is 0.412 e. The lowest BCUT2D eigenvalue weighted by Gasteiger charge is -2.35. The first-order valence-corrected chi connectivity index (χ1v) is 12.1. The fourth-order valence-corrected chi connectivity index (χ4v) is 5.39. The van der Waals surface area contributed by atoms with Crippen molar-refractivity contribution in [2.45, 2.75) is 25.4 Å². The summed E-state index contributed by atoms with van der Waals surface area (Å²) in [6.07, 6.45) is -1.10. The van der Waals surface area contributed by atoms with Crippen LogP contribution in [0.5, 0.6) is 0 Å². The van der Waals surface area contributed by atoms with Gasteiger partial charge >= 0.3 is 12.1 Å². The zero-order valence-electron chi connectivity index (χ0n) is 18.5. The lowest BCUT2D eigenvalue weighted by molar-refractivity contribution is -0.163. The molecule has 1 aliphatic heterocycles. The number of rotatable bonds is 5. The second-order valence-corrected chi connectivity index (χ2v) is 9.79. The van der Waals surface area contributed by atoms with Crippen molar-refractivity contribution < 1.29 is 28.7 Å². The number of nitrogens with zero attached hydrogens (tertiary/aromatic N) is 3. The standard InChI is InChI=1S/C23H18N4O6S2/c1-12-17(25-22(30)32-13(2)14-6-4-3-5-7-14)15(33-27-12)8-9-16-24-18-19(34-16)26-20(35-18)23(21(28)29)10-31-11-23/h3-7,13H,10-11H2,1-2H3,(H,25,30)(H,28,29). The normalized spacial score (nSPS) is 15.0. The Morgan fingerprint density at radius 2 is 1.91 bits per heavy atom. The Balaban J connectivity index is 1.31. The van der Waals surface area contributed by atoms with Crippen LogP contribution < -0.4 is 5.32 Å². The van der Waals surface area contributed by atoms with Crippen LogP contribution in [0.3, 0.4) is 0 Å². The molecule has 0 spiro atoms. The van der Waals surface area contributed by atoms with Gasteiger partial charge in [-0.3, -0.25) is 10.1 Å². The second-order valence-electron chi connectivity index (χ2n) is 7.83. The summed E-state index contributed by atoms with van der Waals surface area (Å²) in [4.78, 5) is 34.2. The highest BCUT2D eigenvalue weighted by Gasteiger charge is 2.50. The van der Waals surface area contributed by atoms with Crippen LogP contribution in [0, 0.1) is 18.8 Å². The lowest BCUT2D eigenvalue weighted by atomic mass is 9.87. The molecule has 2 N–H and O–H groups in total. The first-order valence-electron chi connectivity index (χ1n) is 10.5. The number of carboxylic acids is 1. The molecule has 0 bridgehead atoms. The smallest absolute Gasteiger partial charge is 0.412 e. The molecular formula is C23H18N4O6S2. The fourth-order valence-electron chi connectivity index (χ4n) is 3.34. The van der Waals surface area contributed by atoms with E-state index in [2.05, 4.69) is 32.3 Å². The van der Waals surface area contributed by atoms with E-state index in [1.807, 2.05) is 30.3 Å². The van der Waals surface area contributed by atoms with Crippen LogP contribution >= 0.6 is 22.7 Å². The number of fused-ring (bicyclic) bond motifs is 1. The Labute approximate surface area is 206 Å². The minimum absolute atomic E-state index is 0.100. The molecule has 1 saturated heterocycles. The number of nitrogens with one attached hydrogen (secondary N) is 1. The van der Waals surface area contributed by atoms with Gasteiger partial charge < -0.3 is 19.1 Å². The van der Waals surface area contributed by atoms with E-state index in [-0.39, 0.29) is 19.0 Å². The highest BCUT2D eigenvalue weighted by atomic mass is 32.1. The van der Waals surface area contributed by atoms with E-state index in [1.165, 1.54) is 22.7 Å². The third kappa shape index (κ3) is 4.37. The Bertz CT molecular complexity index is 1440. The number of aryl methyl sites for hydroxylation is 1. The number of anilines is 1. The van der Waals surface area contributed by atoms with E-state index in [4.69, 9.17) is 14.0 Å². The van der Waals surface area contributed by atoms with Gasteiger partial charge in [-0.15, -0.1) is 0 Å². The largest absolute Gasteiger partial charge is 0.480 e. The molecule has 1 atom stereocenters. The molecule has 35 heavy (non-hydrogen) atoms. The van der Waals surface area contributed by atoms with Gasteiger partial charge in [-0.05, 0) is 31.3 Å². The summed E-state index contributed by atoms with van der Waals surface area (Å²) in [6.45, 7) is 3.66. The highest BCUT2D eigenvalue weighted by Crippen LogP contribution is 2.38. The van der Waals surface area contributed by atoms with Gasteiger partial charge in [-0.2, -0.15) is 0 Å². The number of benzene rings is 1. The minimum Gasteiger partial charge on any atom is -0.480 e. The maximum absolute atomic E-state index is 12.4. The third-order valence-electron chi connectivity index (χ3n) is 5.42. The summed E-state index contributed by atoms with van der Waals surface area (Å²) < 4.78 is 15.8. The van der Waals surface area contributed by atoms with Gasteiger partial charge in [0, 0.05) is 0 Å². The number of carboxylic acid groups (broad SMARTS) is 1. The van der Waals surface area contributed by atoms with E-state index >= 15 is 0 Å². The van der Waals surface area contributed by atoms with Crippen LogP contribution in [0.15, 0.2) is 34.9 Å². The first kappa shape index (κ1) is 23.0. The lowest BCUT2D eigenvalue weighted by Crippen LogP contribution is -2.52. The number of amides is 1. The Morgan fingerprint density at radius 3 is 2.57 bits per heavy atom. The van der Waals surface area contributed by atoms with Crippen molar-refractivity contribution in [3.8, 4) is 11.8 Å². The van der Waals surface area contributed by atoms with Gasteiger partial charge in [-0.25, -0.2) is 14.8 Å². The van der Waals surface area contributed by atoms with Gasteiger partial charge in [0.2, 0.25) is 5.76 Å². The predicted octanol–water partition coefficient (Wildman–Crippen LogP) is 4.11. The molecule has 3 aromatic heterocycles. The molecule has 1 aliphatic rings. The van der Waals surface area contributed by atoms with Crippen molar-refractivity contribution >= 4 is 50.1 Å². The van der Waals surface area contributed by atoms with Crippen LogP contribution in [0.2, 0.25) is 0 Å². The molecular weight excluding hydrogens is 492 g/mol. The van der Waals surface area contributed by atoms with Gasteiger partial charge in [0.15, 0.2) is 20.1 Å². The monoisotopic (exact) mass is 510 g/mol. The average Bonchev–Trinajstić information content (AvgIpc) is 3.46. The molecule has 0 radical (unpaired) electrons. The molecule has 12 heteroatoms. The number of ether oxygens (including phenoxy) is 2. The summed E-state index contributed by atoms with van der Waals surface area (Å²) in [6, 6.07) is 9.37. The summed E-state index contributed by atoms with van der Waals surface area (Å²) in [5, 5.41) is 17.0. The summed E-state index contributed by atoms with van der Waals surface area (Å²) in [5.74, 6) is 4.94. The van der Waals surface area contributed by atoms with Crippen molar-refractivity contribution in [3.05, 3.63) is 57.4 Å². The number of aromatic nitrogens is 3. The summed E-state index contributed by atoms with van der Waals surface area (Å²) in [7, 11) is 0. The molecule has 4 aromatic rings. The quantitative estimate of drug-likeness (QED) is 0.380. The highest BCUT2D eigenvalue weighted by molar-refractivity contribution is 7.26. The molecule has 4 heterocycles. The van der Waals surface area contributed by atoms with E-state index in [0.29, 0.717) is 31.1 Å². The Kier molecular flexibility index (Phi) is 5.98. The molecule has 178 valence electrons. The maximum atomic E-state index is 12.4. The zero-order valence-corrected chi connectivity index (χ0v) is 20.2. The van der Waals surface area contributed by atoms with E-state index in [0.717, 1.165) is 5.56 Å². The summed E-state index contributed by atoms with van der Waals surface area (Å²) >= 11 is 2.46. The van der Waals surface area contributed by atoms with Gasteiger partial charge in [0.1, 0.15) is 22.5 Å². The van der Waals surface area contributed by atoms with Crippen LogP contribution in [-0.2, 0) is 19.7 Å². The molecule has 0 saturated carbocycles. The fraction of sp³-hybridized carbons (Fsp3) is 0.261. The number of thiazole rings is 2. The number of carbonyl (C=O) groups is 2. The summed E-state index contributed by atoms with van der Waals surface area (Å²) in [5.41, 5.74) is 0.535. The van der Waals surface area contributed by atoms with Crippen molar-refractivity contribution in [1.82, 2.24) is 15.1 Å². The second kappa shape index (κ2) is 9.10. The van der Waals surface area contributed by atoms with E-state index in [1.54, 1.807) is 13.8 Å². The number of carbonyl (C=O) groups excluding carboxylic acids is 1. The van der Waals surface area contributed by atoms with Crippen LogP contribution in [0.4, 0.5) is 10.5 Å². The average molecular weight is 511 g/mol. The van der Waals surface area contributed by atoms with Gasteiger partial charge in [0.25, 0.3) is 0 Å². The molecule has 1 amide bonds. The number of aliphatic carboxylic acids is 1. The van der Waals surface area contributed by atoms with Crippen molar-refractivity contribution in [1.29, 1.82) is 0 Å². The Hall–Kier alpha value is -3.79. The van der Waals surface area contributed by atoms with E-state index in [9.17, 15) is 14.7 Å². The van der Waals surface area contributed by atoms with Crippen LogP contribution in [0.25, 0.3) is 9.66 Å². The number of hydrogen-bond acceptors (Lipinski definition) is 10. The first-order chi connectivity index (χ1) is 16.9. The number of hydrogen-bond donors (Lipinski definition) is 2. The SMILES string of the molecule is Cc1noc(C#Cc2nc3sc(C4(C(=O)O)COC4)nc3s2)c1NC(=O)OC(C)c1ccccc1. The van der Waals surface area contributed by atoms with Crippen molar-refractivity contribution in [2.24, 2.45) is 0 Å². The van der Waals surface area contributed by atoms with Crippen LogP contribution in [-0.4, -0.2) is 45.5 Å². The molecule has 1 aromatic carbocycles. The van der Waals surface area contributed by atoms with Gasteiger partial charge in [0.05, 0.1) is 13.2 Å². The van der Waals surface area contributed by atoms with E-state index < -0.39 is 23.6 Å². The molecule has 1 fully saturated rings. The molecule has 1 unspecified atom stereocenters. The Morgan fingerprint density at radius 1 is 1.17 bits per heavy atom. The molecule has 5 rings (SSSR count). The molecule has 10 nitrogen and oxygen atoms in total. The molecule has 0 aliphatic carbocycles.